The summed E-state index contributed by atoms with van der Waals surface area (Å²) >= 11 is 0. The number of para-hydroxylation sites is 1. The zero-order chi connectivity index (χ0) is 20.1. The summed E-state index contributed by atoms with van der Waals surface area (Å²) in [5, 5.41) is 15.3. The Morgan fingerprint density at radius 3 is 2.50 bits per heavy atom. The highest BCUT2D eigenvalue weighted by molar-refractivity contribution is 6.02. The number of anilines is 1. The monoisotopic (exact) mass is 384 g/mol. The third kappa shape index (κ3) is 4.07. The van der Waals surface area contributed by atoms with Crippen LogP contribution in [0, 0.1) is 0 Å². The molecule has 0 fully saturated rings. The van der Waals surface area contributed by atoms with Gasteiger partial charge in [0.15, 0.2) is 17.1 Å². The van der Waals surface area contributed by atoms with Crippen molar-refractivity contribution in [3.05, 3.63) is 54.3 Å². The Balaban J connectivity index is 1.71. The molecule has 1 aromatic heterocycles. The fourth-order valence-corrected chi connectivity index (χ4v) is 2.64. The minimum Gasteiger partial charge on any atom is -0.497 e. The number of fused-ring (bicyclic) bond motifs is 1. The summed E-state index contributed by atoms with van der Waals surface area (Å²) in [6.45, 7) is -0.572. The Morgan fingerprint density at radius 2 is 1.86 bits per heavy atom. The summed E-state index contributed by atoms with van der Waals surface area (Å²) in [4.78, 5) is 24.8. The van der Waals surface area contributed by atoms with E-state index in [4.69, 9.17) is 13.9 Å². The molecule has 2 aromatic carbocycles. The Kier molecular flexibility index (Phi) is 5.81. The fraction of sp³-hybridized carbons (Fsp3) is 0.200. The van der Waals surface area contributed by atoms with Crippen molar-refractivity contribution >= 4 is 28.5 Å². The number of hydrogen-bond acceptors (Lipinski definition) is 6. The highest BCUT2D eigenvalue weighted by Gasteiger charge is 2.23. The van der Waals surface area contributed by atoms with Crippen LogP contribution in [-0.2, 0) is 4.79 Å². The lowest BCUT2D eigenvalue weighted by molar-refractivity contribution is -0.118. The predicted octanol–water partition coefficient (Wildman–Crippen LogP) is 2.18. The third-order valence-electron chi connectivity index (χ3n) is 4.11. The van der Waals surface area contributed by atoms with Crippen LogP contribution >= 0.6 is 0 Å². The van der Waals surface area contributed by atoms with Gasteiger partial charge in [0.1, 0.15) is 11.8 Å². The molecule has 3 N–H and O–H groups in total. The van der Waals surface area contributed by atoms with Crippen LogP contribution in [0.15, 0.2) is 52.9 Å². The summed E-state index contributed by atoms with van der Waals surface area (Å²) in [6.07, 6.45) is 0. The van der Waals surface area contributed by atoms with Crippen LogP contribution in [0.1, 0.15) is 10.6 Å². The normalized spacial score (nSPS) is 11.7. The van der Waals surface area contributed by atoms with Gasteiger partial charge < -0.3 is 29.6 Å². The number of carbonyl (C=O) groups is 2. The van der Waals surface area contributed by atoms with Gasteiger partial charge in [0, 0.05) is 11.1 Å². The topological polar surface area (TPSA) is 110 Å². The van der Waals surface area contributed by atoms with Crippen LogP contribution in [0.4, 0.5) is 5.69 Å². The van der Waals surface area contributed by atoms with Gasteiger partial charge in [-0.15, -0.1) is 0 Å². The first-order chi connectivity index (χ1) is 13.5. The van der Waals surface area contributed by atoms with Gasteiger partial charge in [-0.25, -0.2) is 0 Å². The lowest BCUT2D eigenvalue weighted by Crippen LogP contribution is -2.46. The van der Waals surface area contributed by atoms with Crippen LogP contribution in [0.2, 0.25) is 0 Å². The Morgan fingerprint density at radius 1 is 1.11 bits per heavy atom. The van der Waals surface area contributed by atoms with Crippen molar-refractivity contribution in [3.8, 4) is 11.5 Å². The average molecular weight is 384 g/mol. The molecule has 0 aliphatic rings. The van der Waals surface area contributed by atoms with Crippen molar-refractivity contribution in [2.75, 3.05) is 26.1 Å². The minimum atomic E-state index is -1.15. The van der Waals surface area contributed by atoms with E-state index in [2.05, 4.69) is 10.6 Å². The van der Waals surface area contributed by atoms with E-state index in [1.807, 2.05) is 0 Å². The fourth-order valence-electron chi connectivity index (χ4n) is 2.64. The molecular weight excluding hydrogens is 364 g/mol. The van der Waals surface area contributed by atoms with Crippen molar-refractivity contribution < 1.29 is 28.6 Å². The molecule has 28 heavy (non-hydrogen) atoms. The van der Waals surface area contributed by atoms with E-state index in [-0.39, 0.29) is 5.76 Å². The summed E-state index contributed by atoms with van der Waals surface area (Å²) < 4.78 is 15.8. The maximum Gasteiger partial charge on any atom is 0.287 e. The average Bonchev–Trinajstić information content (AvgIpc) is 3.16. The van der Waals surface area contributed by atoms with Crippen molar-refractivity contribution in [2.45, 2.75) is 6.04 Å². The maximum absolute atomic E-state index is 12.5. The summed E-state index contributed by atoms with van der Waals surface area (Å²) in [6, 6.07) is 12.3. The zero-order valence-corrected chi connectivity index (χ0v) is 15.4. The Labute approximate surface area is 161 Å². The summed E-state index contributed by atoms with van der Waals surface area (Å²) in [7, 11) is 3.04. The van der Waals surface area contributed by atoms with Gasteiger partial charge in [-0.3, -0.25) is 9.59 Å². The van der Waals surface area contributed by atoms with E-state index in [9.17, 15) is 14.7 Å². The molecule has 0 aliphatic heterocycles. The Hall–Kier alpha value is -3.52. The number of furan rings is 1. The van der Waals surface area contributed by atoms with Gasteiger partial charge in [0.05, 0.1) is 20.8 Å². The molecule has 0 spiro atoms. The first-order valence-corrected chi connectivity index (χ1v) is 8.49. The standard InChI is InChI=1S/C20H20N2O6/c1-26-14-8-6-13(7-9-14)21-19(24)15(11-23)22-20(25)17-10-12-4-3-5-16(27-2)18(12)28-17/h3-10,15,23H,11H2,1-2H3,(H,21,24)(H,22,25)/t15-/m0/s1. The molecule has 8 heteroatoms. The molecule has 2 amide bonds. The summed E-state index contributed by atoms with van der Waals surface area (Å²) in [5.41, 5.74) is 0.936. The number of benzene rings is 2. The van der Waals surface area contributed by atoms with E-state index in [0.29, 0.717) is 28.2 Å². The minimum absolute atomic E-state index is 0.00944. The van der Waals surface area contributed by atoms with Gasteiger partial charge in [0.2, 0.25) is 5.91 Å². The maximum atomic E-state index is 12.5. The number of nitrogens with one attached hydrogen (secondary N) is 2. The van der Waals surface area contributed by atoms with Crippen molar-refractivity contribution in [1.29, 1.82) is 0 Å². The molecule has 8 nitrogen and oxygen atoms in total. The van der Waals surface area contributed by atoms with Crippen molar-refractivity contribution in [2.24, 2.45) is 0 Å². The Bertz CT molecular complexity index is 980. The van der Waals surface area contributed by atoms with Crippen LogP contribution in [0.25, 0.3) is 11.0 Å². The SMILES string of the molecule is COc1ccc(NC(=O)[C@H](CO)NC(=O)c2cc3cccc(OC)c3o2)cc1. The molecular formula is C20H20N2O6. The van der Waals surface area contributed by atoms with Crippen LogP contribution < -0.4 is 20.1 Å². The van der Waals surface area contributed by atoms with Gasteiger partial charge in [-0.2, -0.15) is 0 Å². The molecule has 0 aliphatic carbocycles. The molecule has 0 saturated heterocycles. The number of ether oxygens (including phenoxy) is 2. The first-order valence-electron chi connectivity index (χ1n) is 8.49. The van der Waals surface area contributed by atoms with Crippen molar-refractivity contribution in [3.63, 3.8) is 0 Å². The van der Waals surface area contributed by atoms with E-state index in [0.717, 1.165) is 0 Å². The van der Waals surface area contributed by atoms with E-state index in [1.54, 1.807) is 55.6 Å². The zero-order valence-electron chi connectivity index (χ0n) is 15.4. The number of aliphatic hydroxyl groups excluding tert-OH is 1. The second-order valence-electron chi connectivity index (χ2n) is 5.92. The third-order valence-corrected chi connectivity index (χ3v) is 4.11. The molecule has 0 radical (unpaired) electrons. The predicted molar refractivity (Wildman–Crippen MR) is 103 cm³/mol. The van der Waals surface area contributed by atoms with E-state index >= 15 is 0 Å². The first kappa shape index (κ1) is 19.2. The van der Waals surface area contributed by atoms with Crippen LogP contribution in [0.5, 0.6) is 11.5 Å². The number of hydrogen-bond donors (Lipinski definition) is 3. The molecule has 3 aromatic rings. The van der Waals surface area contributed by atoms with Crippen LogP contribution in [-0.4, -0.2) is 43.8 Å². The van der Waals surface area contributed by atoms with E-state index in [1.165, 1.54) is 7.11 Å². The highest BCUT2D eigenvalue weighted by Crippen LogP contribution is 2.28. The molecule has 1 heterocycles. The quantitative estimate of drug-likeness (QED) is 0.576. The van der Waals surface area contributed by atoms with Gasteiger partial charge in [-0.05, 0) is 36.4 Å². The second kappa shape index (κ2) is 8.45. The molecule has 1 atom stereocenters. The second-order valence-corrected chi connectivity index (χ2v) is 5.92. The number of rotatable bonds is 7. The largest absolute Gasteiger partial charge is 0.497 e. The van der Waals surface area contributed by atoms with E-state index < -0.39 is 24.5 Å². The molecule has 0 bridgehead atoms. The number of amides is 2. The molecule has 0 unspecified atom stereocenters. The number of methoxy groups -OCH3 is 2. The lowest BCUT2D eigenvalue weighted by Gasteiger charge is -2.15. The molecule has 3 rings (SSSR count). The number of carbonyl (C=O) groups excluding carboxylic acids is 2. The van der Waals surface area contributed by atoms with Crippen molar-refractivity contribution in [1.82, 2.24) is 5.32 Å². The van der Waals surface area contributed by atoms with Gasteiger partial charge in [-0.1, -0.05) is 12.1 Å². The van der Waals surface area contributed by atoms with Gasteiger partial charge in [0.25, 0.3) is 5.91 Å². The lowest BCUT2D eigenvalue weighted by atomic mass is 10.2. The summed E-state index contributed by atoms with van der Waals surface area (Å²) in [5.74, 6) is -0.0371. The number of aliphatic hydroxyl groups is 1. The van der Waals surface area contributed by atoms with Crippen LogP contribution in [0.3, 0.4) is 0 Å². The molecule has 146 valence electrons. The molecule has 0 saturated carbocycles. The van der Waals surface area contributed by atoms with Gasteiger partial charge >= 0.3 is 0 Å². The smallest absolute Gasteiger partial charge is 0.287 e. The highest BCUT2D eigenvalue weighted by atomic mass is 16.5.